The maximum atomic E-state index is 12.0. The molecule has 1 aliphatic rings. The van der Waals surface area contributed by atoms with Crippen molar-refractivity contribution in [1.29, 1.82) is 0 Å². The van der Waals surface area contributed by atoms with Crippen LogP contribution in [0, 0.1) is 0 Å². The largest absolute Gasteiger partial charge is 0.465 e. The first kappa shape index (κ1) is 22.8. The Morgan fingerprint density at radius 1 is 1.11 bits per heavy atom. The summed E-state index contributed by atoms with van der Waals surface area (Å²) < 4.78 is 11.2. The first-order valence-electron chi connectivity index (χ1n) is 10.1. The SMILES string of the molecule is CCc1ccc(CN2CCCCOC[C@@H](O)[C@H](O)[C@@H](O)CN(C(C)=O)CC2)o1. The molecule has 1 aliphatic heterocycles. The number of aliphatic hydroxyl groups excluding tert-OH is 3. The van der Waals surface area contributed by atoms with Gasteiger partial charge < -0.3 is 29.4 Å². The van der Waals surface area contributed by atoms with Crippen molar-refractivity contribution in [2.75, 3.05) is 39.4 Å². The molecular weight excluding hydrogens is 364 g/mol. The van der Waals surface area contributed by atoms with Crippen LogP contribution < -0.4 is 0 Å². The fraction of sp³-hybridized carbons (Fsp3) is 0.750. The highest BCUT2D eigenvalue weighted by Crippen LogP contribution is 2.13. The molecule has 1 aromatic heterocycles. The second kappa shape index (κ2) is 11.5. The number of hydrogen-bond donors (Lipinski definition) is 3. The molecule has 8 nitrogen and oxygen atoms in total. The molecule has 0 saturated carbocycles. The molecule has 0 radical (unpaired) electrons. The van der Waals surface area contributed by atoms with E-state index in [2.05, 4.69) is 4.90 Å². The number of aryl methyl sites for hydroxylation is 1. The van der Waals surface area contributed by atoms with E-state index in [-0.39, 0.29) is 19.1 Å². The van der Waals surface area contributed by atoms with Crippen LogP contribution in [0.2, 0.25) is 0 Å². The van der Waals surface area contributed by atoms with Crippen molar-refractivity contribution in [2.24, 2.45) is 0 Å². The number of carbonyl (C=O) groups excluding carboxylic acids is 1. The molecule has 8 heteroatoms. The molecule has 1 aromatic rings. The van der Waals surface area contributed by atoms with Crippen molar-refractivity contribution in [3.8, 4) is 0 Å². The quantitative estimate of drug-likeness (QED) is 0.676. The Bertz CT molecular complexity index is 593. The second-order valence-electron chi connectivity index (χ2n) is 7.37. The van der Waals surface area contributed by atoms with E-state index < -0.39 is 18.3 Å². The molecule has 0 aromatic carbocycles. The monoisotopic (exact) mass is 398 g/mol. The molecule has 0 unspecified atom stereocenters. The van der Waals surface area contributed by atoms with Gasteiger partial charge in [0.05, 0.1) is 13.2 Å². The van der Waals surface area contributed by atoms with Gasteiger partial charge in [0.15, 0.2) is 0 Å². The van der Waals surface area contributed by atoms with Crippen LogP contribution in [0.25, 0.3) is 0 Å². The van der Waals surface area contributed by atoms with Crippen LogP contribution in [0.4, 0.5) is 0 Å². The van der Waals surface area contributed by atoms with Crippen LogP contribution in [0.1, 0.15) is 38.2 Å². The zero-order chi connectivity index (χ0) is 20.5. The number of carbonyl (C=O) groups is 1. The van der Waals surface area contributed by atoms with E-state index in [1.54, 1.807) is 0 Å². The topological polar surface area (TPSA) is 107 Å². The van der Waals surface area contributed by atoms with Crippen molar-refractivity contribution in [2.45, 2.75) is 58.0 Å². The lowest BCUT2D eigenvalue weighted by Gasteiger charge is -2.31. The number of nitrogens with zero attached hydrogens (tertiary/aromatic N) is 2. The lowest BCUT2D eigenvalue weighted by molar-refractivity contribution is -0.134. The highest BCUT2D eigenvalue weighted by atomic mass is 16.5. The zero-order valence-corrected chi connectivity index (χ0v) is 16.9. The van der Waals surface area contributed by atoms with Gasteiger partial charge in [-0.2, -0.15) is 0 Å². The molecule has 0 spiro atoms. The van der Waals surface area contributed by atoms with E-state index in [1.807, 2.05) is 19.1 Å². The van der Waals surface area contributed by atoms with Gasteiger partial charge in [0, 0.05) is 39.6 Å². The van der Waals surface area contributed by atoms with Gasteiger partial charge >= 0.3 is 0 Å². The summed E-state index contributed by atoms with van der Waals surface area (Å²) in [6.07, 6.45) is -1.22. The highest BCUT2D eigenvalue weighted by Gasteiger charge is 2.28. The Balaban J connectivity index is 2.04. The van der Waals surface area contributed by atoms with Gasteiger partial charge in [-0.15, -0.1) is 0 Å². The first-order valence-corrected chi connectivity index (χ1v) is 10.1. The van der Waals surface area contributed by atoms with E-state index in [0.717, 1.165) is 37.3 Å². The molecule has 3 atom stereocenters. The van der Waals surface area contributed by atoms with Crippen LogP contribution in [0.15, 0.2) is 16.5 Å². The summed E-state index contributed by atoms with van der Waals surface area (Å²) >= 11 is 0. The van der Waals surface area contributed by atoms with Gasteiger partial charge in [-0.05, 0) is 31.5 Å². The Labute approximate surface area is 166 Å². The lowest BCUT2D eigenvalue weighted by atomic mass is 10.1. The van der Waals surface area contributed by atoms with Crippen molar-refractivity contribution in [3.63, 3.8) is 0 Å². The summed E-state index contributed by atoms with van der Waals surface area (Å²) in [6.45, 7) is 6.39. The third-order valence-corrected chi connectivity index (χ3v) is 5.07. The number of furan rings is 1. The van der Waals surface area contributed by atoms with Gasteiger partial charge in [-0.3, -0.25) is 9.69 Å². The van der Waals surface area contributed by atoms with Gasteiger partial charge in [0.1, 0.15) is 29.8 Å². The molecule has 2 heterocycles. The lowest BCUT2D eigenvalue weighted by Crippen LogP contribution is -2.49. The summed E-state index contributed by atoms with van der Waals surface area (Å²) in [5.74, 6) is 1.66. The maximum absolute atomic E-state index is 12.0. The first-order chi connectivity index (χ1) is 13.4. The Morgan fingerprint density at radius 2 is 1.86 bits per heavy atom. The molecule has 1 amide bonds. The fourth-order valence-electron chi connectivity index (χ4n) is 3.26. The van der Waals surface area contributed by atoms with Crippen LogP contribution in [-0.4, -0.2) is 88.7 Å². The average Bonchev–Trinajstić information content (AvgIpc) is 3.12. The molecule has 3 N–H and O–H groups in total. The average molecular weight is 399 g/mol. The summed E-state index contributed by atoms with van der Waals surface area (Å²) in [4.78, 5) is 15.7. The minimum absolute atomic E-state index is 0.0395. The molecule has 1 fully saturated rings. The summed E-state index contributed by atoms with van der Waals surface area (Å²) in [5.41, 5.74) is 0. The number of hydrogen-bond acceptors (Lipinski definition) is 7. The predicted octanol–water partition coefficient (Wildman–Crippen LogP) is 0.386. The summed E-state index contributed by atoms with van der Waals surface area (Å²) in [6, 6.07) is 3.97. The van der Waals surface area contributed by atoms with E-state index in [9.17, 15) is 20.1 Å². The smallest absolute Gasteiger partial charge is 0.219 e. The number of ether oxygens (including phenoxy) is 1. The maximum Gasteiger partial charge on any atom is 0.219 e. The van der Waals surface area contributed by atoms with Gasteiger partial charge in [-0.1, -0.05) is 6.92 Å². The van der Waals surface area contributed by atoms with Crippen molar-refractivity contribution in [1.82, 2.24) is 9.80 Å². The van der Waals surface area contributed by atoms with Crippen LogP contribution >= 0.6 is 0 Å². The van der Waals surface area contributed by atoms with E-state index in [4.69, 9.17) is 9.15 Å². The Hall–Kier alpha value is -1.45. The molecule has 160 valence electrons. The van der Waals surface area contributed by atoms with Crippen molar-refractivity contribution in [3.05, 3.63) is 23.7 Å². The molecule has 28 heavy (non-hydrogen) atoms. The summed E-state index contributed by atoms with van der Waals surface area (Å²) in [5, 5.41) is 30.3. The van der Waals surface area contributed by atoms with Crippen molar-refractivity contribution >= 4 is 5.91 Å². The van der Waals surface area contributed by atoms with E-state index in [1.165, 1.54) is 11.8 Å². The third kappa shape index (κ3) is 7.18. The fourth-order valence-corrected chi connectivity index (χ4v) is 3.26. The number of rotatable bonds is 3. The molecule has 1 saturated heterocycles. The minimum atomic E-state index is -1.36. The van der Waals surface area contributed by atoms with Gasteiger partial charge in [0.25, 0.3) is 0 Å². The van der Waals surface area contributed by atoms with E-state index >= 15 is 0 Å². The predicted molar refractivity (Wildman–Crippen MR) is 104 cm³/mol. The van der Waals surface area contributed by atoms with Crippen LogP contribution in [0.3, 0.4) is 0 Å². The minimum Gasteiger partial charge on any atom is -0.465 e. The Kier molecular flexibility index (Phi) is 9.40. The Morgan fingerprint density at radius 3 is 2.54 bits per heavy atom. The van der Waals surface area contributed by atoms with Crippen molar-refractivity contribution < 1.29 is 29.3 Å². The zero-order valence-electron chi connectivity index (χ0n) is 16.9. The summed E-state index contributed by atoms with van der Waals surface area (Å²) in [7, 11) is 0. The number of amides is 1. The number of β-amino-alcohol motifs (C(OH)–C–C–N with tert-alkyl or cyclic N) is 1. The molecule has 0 aliphatic carbocycles. The van der Waals surface area contributed by atoms with E-state index in [0.29, 0.717) is 26.2 Å². The van der Waals surface area contributed by atoms with Gasteiger partial charge in [-0.25, -0.2) is 0 Å². The molecule has 0 bridgehead atoms. The highest BCUT2D eigenvalue weighted by molar-refractivity contribution is 5.73. The normalized spacial score (nSPS) is 26.8. The second-order valence-corrected chi connectivity index (χ2v) is 7.37. The number of aliphatic hydroxyl groups is 3. The van der Waals surface area contributed by atoms with Crippen LogP contribution in [-0.2, 0) is 22.5 Å². The standard InChI is InChI=1S/C20H34N2O6/c1-3-16-6-7-17(28-16)12-21-8-4-5-11-27-14-19(25)20(26)18(24)13-22(10-9-21)15(2)23/h6-7,18-20,24-26H,3-5,8-14H2,1-2H3/t18-,19+,20+/m0/s1. The van der Waals surface area contributed by atoms with Gasteiger partial charge in [0.2, 0.25) is 5.91 Å². The van der Waals surface area contributed by atoms with Crippen LogP contribution in [0.5, 0.6) is 0 Å². The third-order valence-electron chi connectivity index (χ3n) is 5.07. The molecular formula is C20H34N2O6. The molecule has 2 rings (SSSR count).